The Bertz CT molecular complexity index is 888. The summed E-state index contributed by atoms with van der Waals surface area (Å²) in [4.78, 5) is 18.9. The van der Waals surface area contributed by atoms with Crippen LogP contribution in [0.5, 0.6) is 5.75 Å². The highest BCUT2D eigenvalue weighted by molar-refractivity contribution is 5.95. The van der Waals surface area contributed by atoms with Crippen LogP contribution in [0.2, 0.25) is 0 Å². The van der Waals surface area contributed by atoms with Gasteiger partial charge in [0.25, 0.3) is 5.91 Å². The summed E-state index contributed by atoms with van der Waals surface area (Å²) in [5.74, 6) is 1.59. The minimum absolute atomic E-state index is 0.0865. The fraction of sp³-hybridized carbons (Fsp3) is 0.304. The fourth-order valence-electron chi connectivity index (χ4n) is 3.52. The predicted octanol–water partition coefficient (Wildman–Crippen LogP) is 3.79. The molecule has 1 saturated heterocycles. The molecule has 0 spiro atoms. The van der Waals surface area contributed by atoms with Crippen LogP contribution >= 0.6 is 0 Å². The average molecular weight is 376 g/mol. The lowest BCUT2D eigenvalue weighted by Crippen LogP contribution is -2.36. The molecule has 2 aromatic rings. The smallest absolute Gasteiger partial charge is 0.253 e. The molecule has 2 aliphatic rings. The van der Waals surface area contributed by atoms with Crippen molar-refractivity contribution < 1.29 is 14.3 Å². The largest absolute Gasteiger partial charge is 0.497 e. The molecule has 0 N–H and O–H groups in total. The van der Waals surface area contributed by atoms with Gasteiger partial charge in [0.15, 0.2) is 0 Å². The molecule has 0 bridgehead atoms. The molecule has 0 atom stereocenters. The molecular weight excluding hydrogens is 352 g/mol. The van der Waals surface area contributed by atoms with E-state index in [1.807, 2.05) is 29.2 Å². The molecule has 2 heterocycles. The Hall–Kier alpha value is -3.08. The van der Waals surface area contributed by atoms with Crippen molar-refractivity contribution in [3.8, 4) is 5.75 Å². The second-order valence-electron chi connectivity index (χ2n) is 6.98. The maximum atomic E-state index is 12.7. The SMILES string of the molecule is COc1ccc(C(=O)N2CCC(=Cc3ccc(C4=NCCO4)cc3)CC2)cc1. The van der Waals surface area contributed by atoms with Crippen LogP contribution in [0.25, 0.3) is 6.08 Å². The lowest BCUT2D eigenvalue weighted by atomic mass is 9.99. The second-order valence-corrected chi connectivity index (χ2v) is 6.98. The summed E-state index contributed by atoms with van der Waals surface area (Å²) in [6.45, 7) is 2.92. The van der Waals surface area contributed by atoms with Crippen LogP contribution in [0, 0.1) is 0 Å². The zero-order valence-electron chi connectivity index (χ0n) is 16.1. The molecule has 0 aromatic heterocycles. The van der Waals surface area contributed by atoms with Gasteiger partial charge in [-0.25, -0.2) is 4.99 Å². The van der Waals surface area contributed by atoms with Crippen LogP contribution in [-0.4, -0.2) is 50.1 Å². The number of piperidine rings is 1. The van der Waals surface area contributed by atoms with Crippen LogP contribution < -0.4 is 4.74 Å². The normalized spacial score (nSPS) is 16.4. The number of ether oxygens (including phenoxy) is 2. The van der Waals surface area contributed by atoms with Gasteiger partial charge in [-0.15, -0.1) is 0 Å². The van der Waals surface area contributed by atoms with Crippen molar-refractivity contribution in [1.29, 1.82) is 0 Å². The van der Waals surface area contributed by atoms with Gasteiger partial charge in [0.2, 0.25) is 5.90 Å². The second kappa shape index (κ2) is 8.30. The third kappa shape index (κ3) is 4.09. The zero-order chi connectivity index (χ0) is 19.3. The van der Waals surface area contributed by atoms with Gasteiger partial charge in [-0.1, -0.05) is 23.8 Å². The molecule has 28 heavy (non-hydrogen) atoms. The molecule has 0 saturated carbocycles. The molecule has 0 aliphatic carbocycles. The first-order valence-corrected chi connectivity index (χ1v) is 9.63. The van der Waals surface area contributed by atoms with E-state index in [0.29, 0.717) is 12.2 Å². The van der Waals surface area contributed by atoms with E-state index in [4.69, 9.17) is 9.47 Å². The summed E-state index contributed by atoms with van der Waals surface area (Å²) in [6, 6.07) is 15.6. The quantitative estimate of drug-likeness (QED) is 0.816. The molecule has 2 aliphatic heterocycles. The van der Waals surface area contributed by atoms with Gasteiger partial charge < -0.3 is 14.4 Å². The van der Waals surface area contributed by atoms with Gasteiger partial charge in [-0.05, 0) is 54.8 Å². The topological polar surface area (TPSA) is 51.1 Å². The van der Waals surface area contributed by atoms with Crippen LogP contribution in [0.4, 0.5) is 0 Å². The van der Waals surface area contributed by atoms with Crippen LogP contribution in [0.1, 0.15) is 34.3 Å². The highest BCUT2D eigenvalue weighted by atomic mass is 16.5. The highest BCUT2D eigenvalue weighted by Gasteiger charge is 2.20. The van der Waals surface area contributed by atoms with Gasteiger partial charge >= 0.3 is 0 Å². The average Bonchev–Trinajstić information content (AvgIpc) is 3.29. The van der Waals surface area contributed by atoms with Crippen molar-refractivity contribution in [2.24, 2.45) is 4.99 Å². The van der Waals surface area contributed by atoms with Crippen molar-refractivity contribution >= 4 is 17.9 Å². The van der Waals surface area contributed by atoms with Gasteiger partial charge in [0, 0.05) is 24.2 Å². The zero-order valence-corrected chi connectivity index (χ0v) is 16.1. The molecule has 5 nitrogen and oxygen atoms in total. The molecule has 2 aromatic carbocycles. The summed E-state index contributed by atoms with van der Waals surface area (Å²) in [5, 5.41) is 0. The molecule has 4 rings (SSSR count). The Labute approximate surface area is 165 Å². The number of benzene rings is 2. The summed E-state index contributed by atoms with van der Waals surface area (Å²) in [7, 11) is 1.62. The molecule has 0 radical (unpaired) electrons. The van der Waals surface area contributed by atoms with E-state index in [-0.39, 0.29) is 5.91 Å². The number of hydrogen-bond donors (Lipinski definition) is 0. The lowest BCUT2D eigenvalue weighted by Gasteiger charge is -2.28. The number of rotatable bonds is 4. The van der Waals surface area contributed by atoms with Crippen LogP contribution in [0.15, 0.2) is 59.1 Å². The van der Waals surface area contributed by atoms with Gasteiger partial charge in [-0.2, -0.15) is 0 Å². The maximum absolute atomic E-state index is 12.7. The van der Waals surface area contributed by atoms with Crippen molar-refractivity contribution in [3.05, 3.63) is 70.8 Å². The van der Waals surface area contributed by atoms with Gasteiger partial charge in [-0.3, -0.25) is 4.79 Å². The third-order valence-electron chi connectivity index (χ3n) is 5.14. The van der Waals surface area contributed by atoms with E-state index in [0.717, 1.165) is 49.7 Å². The van der Waals surface area contributed by atoms with E-state index in [2.05, 4.69) is 35.3 Å². The van der Waals surface area contributed by atoms with Crippen LogP contribution in [-0.2, 0) is 4.74 Å². The van der Waals surface area contributed by atoms with E-state index in [1.54, 1.807) is 7.11 Å². The first kappa shape index (κ1) is 18.3. The Balaban J connectivity index is 1.36. The standard InChI is InChI=1S/C23H24N2O3/c1-27-21-8-6-20(7-9-21)23(26)25-13-10-18(11-14-25)16-17-2-4-19(5-3-17)22-24-12-15-28-22/h2-9,16H,10-15H2,1H3. The van der Waals surface area contributed by atoms with E-state index >= 15 is 0 Å². The van der Waals surface area contributed by atoms with Gasteiger partial charge in [0.05, 0.1) is 13.7 Å². The van der Waals surface area contributed by atoms with E-state index < -0.39 is 0 Å². The Kier molecular flexibility index (Phi) is 5.42. The van der Waals surface area contributed by atoms with Crippen molar-refractivity contribution in [2.45, 2.75) is 12.8 Å². The number of methoxy groups -OCH3 is 1. The summed E-state index contributed by atoms with van der Waals surface area (Å²) < 4.78 is 10.7. The van der Waals surface area contributed by atoms with Crippen LogP contribution in [0.3, 0.4) is 0 Å². The minimum atomic E-state index is 0.0865. The third-order valence-corrected chi connectivity index (χ3v) is 5.14. The number of amides is 1. The monoisotopic (exact) mass is 376 g/mol. The lowest BCUT2D eigenvalue weighted by molar-refractivity contribution is 0.0744. The predicted molar refractivity (Wildman–Crippen MR) is 110 cm³/mol. The fourth-order valence-corrected chi connectivity index (χ4v) is 3.52. The number of carbonyl (C=O) groups excluding carboxylic acids is 1. The molecule has 144 valence electrons. The molecule has 1 fully saturated rings. The first-order valence-electron chi connectivity index (χ1n) is 9.63. The van der Waals surface area contributed by atoms with E-state index in [9.17, 15) is 4.79 Å². The minimum Gasteiger partial charge on any atom is -0.497 e. The maximum Gasteiger partial charge on any atom is 0.253 e. The van der Waals surface area contributed by atoms with Crippen molar-refractivity contribution in [2.75, 3.05) is 33.4 Å². The Morgan fingerprint density at radius 1 is 1.07 bits per heavy atom. The summed E-state index contributed by atoms with van der Waals surface area (Å²) in [6.07, 6.45) is 4.04. The summed E-state index contributed by atoms with van der Waals surface area (Å²) in [5.41, 5.74) is 4.29. The number of likely N-dealkylation sites (tertiary alicyclic amines) is 1. The van der Waals surface area contributed by atoms with Gasteiger partial charge in [0.1, 0.15) is 12.4 Å². The number of carbonyl (C=O) groups is 1. The highest BCUT2D eigenvalue weighted by Crippen LogP contribution is 2.22. The Morgan fingerprint density at radius 3 is 2.39 bits per heavy atom. The number of aliphatic imine (C=N–C) groups is 1. The first-order chi connectivity index (χ1) is 13.7. The number of nitrogens with zero attached hydrogens (tertiary/aromatic N) is 2. The Morgan fingerprint density at radius 2 is 1.79 bits per heavy atom. The summed E-state index contributed by atoms with van der Waals surface area (Å²) >= 11 is 0. The molecule has 5 heteroatoms. The molecular formula is C23H24N2O3. The molecule has 0 unspecified atom stereocenters. The van der Waals surface area contributed by atoms with Crippen molar-refractivity contribution in [3.63, 3.8) is 0 Å². The number of hydrogen-bond acceptors (Lipinski definition) is 4. The molecule has 1 amide bonds. The van der Waals surface area contributed by atoms with E-state index in [1.165, 1.54) is 11.1 Å². The van der Waals surface area contributed by atoms with Crippen molar-refractivity contribution in [1.82, 2.24) is 4.90 Å².